The van der Waals surface area contributed by atoms with Crippen LogP contribution in [0.5, 0.6) is 0 Å². The number of Topliss-reactive ketones (excluding diaryl/α,β-unsaturated/α-hetero) is 1. The maximum Gasteiger partial charge on any atom is 0.257 e. The van der Waals surface area contributed by atoms with Crippen LogP contribution < -0.4 is 5.73 Å². The Morgan fingerprint density at radius 2 is 2.36 bits per heavy atom. The number of nitrogen functional groups attached to an aromatic ring is 1. The predicted octanol–water partition coefficient (Wildman–Crippen LogP) is 1.32. The van der Waals surface area contributed by atoms with Crippen molar-refractivity contribution >= 4 is 11.5 Å². The summed E-state index contributed by atoms with van der Waals surface area (Å²) >= 11 is 0. The summed E-state index contributed by atoms with van der Waals surface area (Å²) in [7, 11) is 0. The number of halogens is 2. The van der Waals surface area contributed by atoms with Crippen molar-refractivity contribution in [2.75, 3.05) is 5.73 Å². The highest BCUT2D eigenvalue weighted by Gasteiger charge is 2.14. The third-order valence-electron chi connectivity index (χ3n) is 1.70. The van der Waals surface area contributed by atoms with E-state index in [0.717, 1.165) is 4.68 Å². The zero-order chi connectivity index (χ0) is 10.7. The predicted molar refractivity (Wildman–Crippen MR) is 47.3 cm³/mol. The van der Waals surface area contributed by atoms with Crippen molar-refractivity contribution < 1.29 is 13.6 Å². The van der Waals surface area contributed by atoms with Crippen LogP contribution >= 0.6 is 0 Å². The Bertz CT molecular complexity index is 335. The molecule has 0 bridgehead atoms. The largest absolute Gasteiger partial charge is 0.396 e. The fourth-order valence-corrected chi connectivity index (χ4v) is 1.06. The van der Waals surface area contributed by atoms with Gasteiger partial charge in [-0.15, -0.1) is 0 Å². The first-order valence-corrected chi connectivity index (χ1v) is 4.18. The maximum absolute atomic E-state index is 12.0. The van der Waals surface area contributed by atoms with Crippen molar-refractivity contribution in [2.24, 2.45) is 0 Å². The average molecular weight is 203 g/mol. The van der Waals surface area contributed by atoms with Crippen LogP contribution in [0.4, 0.5) is 14.5 Å². The molecule has 0 atom stereocenters. The molecule has 2 N–H and O–H groups in total. The first-order valence-electron chi connectivity index (χ1n) is 4.18. The Balaban J connectivity index is 2.87. The van der Waals surface area contributed by atoms with Gasteiger partial charge >= 0.3 is 0 Å². The number of alkyl halides is 2. The number of carbonyl (C=O) groups is 1. The zero-order valence-electron chi connectivity index (χ0n) is 7.70. The second kappa shape index (κ2) is 4.17. The highest BCUT2D eigenvalue weighted by molar-refractivity contribution is 5.98. The highest BCUT2D eigenvalue weighted by Crippen LogP contribution is 2.12. The summed E-state index contributed by atoms with van der Waals surface area (Å²) in [5, 5.41) is 3.68. The first-order chi connectivity index (χ1) is 6.54. The molecule has 0 saturated heterocycles. The summed E-state index contributed by atoms with van der Waals surface area (Å²) in [4.78, 5) is 11.2. The molecule has 0 aromatic carbocycles. The molecule has 78 valence electrons. The smallest absolute Gasteiger partial charge is 0.257 e. The van der Waals surface area contributed by atoms with Crippen molar-refractivity contribution in [1.82, 2.24) is 9.78 Å². The second-order valence-electron chi connectivity index (χ2n) is 2.82. The van der Waals surface area contributed by atoms with Crippen LogP contribution in [0.2, 0.25) is 0 Å². The molecular formula is C8H11F2N3O. The van der Waals surface area contributed by atoms with Gasteiger partial charge in [0.2, 0.25) is 0 Å². The number of hydrogen-bond donors (Lipinski definition) is 1. The fourth-order valence-electron chi connectivity index (χ4n) is 1.06. The normalized spacial score (nSPS) is 10.9. The molecule has 0 unspecified atom stereocenters. The summed E-state index contributed by atoms with van der Waals surface area (Å²) in [6, 6.07) is 0. The van der Waals surface area contributed by atoms with Crippen LogP contribution in [-0.4, -0.2) is 22.0 Å². The van der Waals surface area contributed by atoms with Gasteiger partial charge in [-0.25, -0.2) is 8.78 Å². The van der Waals surface area contributed by atoms with E-state index in [1.54, 1.807) is 6.92 Å². The fraction of sp³-hybridized carbons (Fsp3) is 0.500. The second-order valence-corrected chi connectivity index (χ2v) is 2.82. The van der Waals surface area contributed by atoms with E-state index in [4.69, 9.17) is 5.73 Å². The average Bonchev–Trinajstić information content (AvgIpc) is 2.44. The Kier molecular flexibility index (Phi) is 3.16. The van der Waals surface area contributed by atoms with Gasteiger partial charge in [-0.2, -0.15) is 5.10 Å². The monoisotopic (exact) mass is 203 g/mol. The van der Waals surface area contributed by atoms with E-state index in [2.05, 4.69) is 5.10 Å². The molecule has 1 aromatic heterocycles. The van der Waals surface area contributed by atoms with E-state index < -0.39 is 13.0 Å². The molecule has 1 rings (SSSR count). The number of nitrogens with two attached hydrogens (primary N) is 1. The van der Waals surface area contributed by atoms with Crippen molar-refractivity contribution in [3.05, 3.63) is 11.9 Å². The number of carbonyl (C=O) groups excluding carboxylic acids is 1. The third kappa shape index (κ3) is 2.27. The Morgan fingerprint density at radius 1 is 1.71 bits per heavy atom. The number of aromatic nitrogens is 2. The summed E-state index contributed by atoms with van der Waals surface area (Å²) in [5.41, 5.74) is 5.67. The van der Waals surface area contributed by atoms with Crippen molar-refractivity contribution in [3.63, 3.8) is 0 Å². The molecule has 4 nitrogen and oxygen atoms in total. The molecule has 0 radical (unpaired) electrons. The van der Waals surface area contributed by atoms with Crippen LogP contribution in [0.15, 0.2) is 6.20 Å². The first kappa shape index (κ1) is 10.6. The molecule has 0 spiro atoms. The minimum atomic E-state index is -2.50. The van der Waals surface area contributed by atoms with Gasteiger partial charge in [0.05, 0.1) is 5.69 Å². The van der Waals surface area contributed by atoms with E-state index in [1.165, 1.54) is 6.20 Å². The minimum absolute atomic E-state index is 0.0770. The number of rotatable bonds is 4. The lowest BCUT2D eigenvalue weighted by molar-refractivity contribution is 0.0977. The van der Waals surface area contributed by atoms with E-state index in [0.29, 0.717) is 0 Å². The quantitative estimate of drug-likeness (QED) is 0.751. The number of hydrogen-bond acceptors (Lipinski definition) is 3. The van der Waals surface area contributed by atoms with Crippen molar-refractivity contribution in [2.45, 2.75) is 26.3 Å². The Morgan fingerprint density at radius 3 is 2.86 bits per heavy atom. The lowest BCUT2D eigenvalue weighted by Gasteiger charge is -1.97. The number of anilines is 1. The molecular weight excluding hydrogens is 192 g/mol. The van der Waals surface area contributed by atoms with Gasteiger partial charge < -0.3 is 5.73 Å². The molecule has 0 saturated carbocycles. The molecule has 1 heterocycles. The summed E-state index contributed by atoms with van der Waals surface area (Å²) < 4.78 is 24.9. The zero-order valence-corrected chi connectivity index (χ0v) is 7.70. The van der Waals surface area contributed by atoms with Crippen molar-refractivity contribution in [3.8, 4) is 0 Å². The van der Waals surface area contributed by atoms with Crippen LogP contribution in [0.25, 0.3) is 0 Å². The number of ketones is 1. The van der Waals surface area contributed by atoms with Crippen LogP contribution in [0, 0.1) is 0 Å². The molecule has 1 aromatic rings. The molecule has 0 fully saturated rings. The van der Waals surface area contributed by atoms with E-state index >= 15 is 0 Å². The Labute approximate surface area is 79.7 Å². The number of nitrogens with zero attached hydrogens (tertiary/aromatic N) is 2. The van der Waals surface area contributed by atoms with Crippen molar-refractivity contribution in [1.29, 1.82) is 0 Å². The van der Waals surface area contributed by atoms with Gasteiger partial charge in [-0.05, 0) is 0 Å². The lowest BCUT2D eigenvalue weighted by atomic mass is 10.2. The molecule has 0 amide bonds. The molecule has 14 heavy (non-hydrogen) atoms. The van der Waals surface area contributed by atoms with E-state index in [-0.39, 0.29) is 23.6 Å². The van der Waals surface area contributed by atoms with E-state index in [1.807, 2.05) is 0 Å². The molecule has 0 aliphatic heterocycles. The van der Waals surface area contributed by atoms with Crippen LogP contribution in [0.1, 0.15) is 23.8 Å². The third-order valence-corrected chi connectivity index (χ3v) is 1.70. The maximum atomic E-state index is 12.0. The summed E-state index contributed by atoms with van der Waals surface area (Å²) in [6.07, 6.45) is -0.996. The van der Waals surface area contributed by atoms with Crippen LogP contribution in [0.3, 0.4) is 0 Å². The molecule has 6 heteroatoms. The summed E-state index contributed by atoms with van der Waals surface area (Å²) in [5.74, 6) is -0.240. The van der Waals surface area contributed by atoms with Gasteiger partial charge in [-0.1, -0.05) is 6.92 Å². The van der Waals surface area contributed by atoms with Gasteiger partial charge in [0.1, 0.15) is 6.54 Å². The van der Waals surface area contributed by atoms with Crippen LogP contribution in [-0.2, 0) is 6.54 Å². The standard InChI is InChI=1S/C8H11F2N3O/c1-2-6(14)8-5(11)3-13(12-8)4-7(9)10/h3,7H,2,4,11H2,1H3. The highest BCUT2D eigenvalue weighted by atomic mass is 19.3. The Hall–Kier alpha value is -1.46. The SMILES string of the molecule is CCC(=O)c1nn(CC(F)F)cc1N. The van der Waals surface area contributed by atoms with Gasteiger partial charge in [0, 0.05) is 12.6 Å². The minimum Gasteiger partial charge on any atom is -0.396 e. The molecule has 0 aliphatic rings. The van der Waals surface area contributed by atoms with Gasteiger partial charge in [0.15, 0.2) is 11.5 Å². The topological polar surface area (TPSA) is 60.9 Å². The van der Waals surface area contributed by atoms with Gasteiger partial charge in [0.25, 0.3) is 6.43 Å². The van der Waals surface area contributed by atoms with Gasteiger partial charge in [-0.3, -0.25) is 9.48 Å². The summed E-state index contributed by atoms with van der Waals surface area (Å²) in [6.45, 7) is 1.12. The lowest BCUT2D eigenvalue weighted by Crippen LogP contribution is -2.08. The molecule has 0 aliphatic carbocycles. The van der Waals surface area contributed by atoms with E-state index in [9.17, 15) is 13.6 Å².